The standard InChI is InChI=1S/C16H24N2O3/c1-12(2)21-15-10-6-9-14(16(15)18(19)20)17-11-13-7-4-3-5-8-13/h6,9-10,12-13,17H,3-5,7-8,11H2,1-2H3. The molecule has 0 heterocycles. The lowest BCUT2D eigenvalue weighted by Gasteiger charge is -2.22. The summed E-state index contributed by atoms with van der Waals surface area (Å²) in [6.45, 7) is 4.53. The highest BCUT2D eigenvalue weighted by Crippen LogP contribution is 2.36. The molecule has 5 nitrogen and oxygen atoms in total. The second-order valence-corrected chi connectivity index (χ2v) is 5.96. The molecular formula is C16H24N2O3. The molecule has 5 heteroatoms. The maximum absolute atomic E-state index is 11.4. The van der Waals surface area contributed by atoms with Crippen LogP contribution in [0, 0.1) is 16.0 Å². The van der Waals surface area contributed by atoms with Crippen LogP contribution in [-0.2, 0) is 0 Å². The maximum atomic E-state index is 11.4. The van der Waals surface area contributed by atoms with Gasteiger partial charge in [-0.1, -0.05) is 25.3 Å². The van der Waals surface area contributed by atoms with Crippen molar-refractivity contribution in [3.05, 3.63) is 28.3 Å². The molecule has 0 unspecified atom stereocenters. The summed E-state index contributed by atoms with van der Waals surface area (Å²) in [4.78, 5) is 11.0. The van der Waals surface area contributed by atoms with Crippen LogP contribution in [0.1, 0.15) is 46.0 Å². The Morgan fingerprint density at radius 3 is 2.67 bits per heavy atom. The summed E-state index contributed by atoms with van der Waals surface area (Å²) in [6, 6.07) is 5.21. The first-order valence-electron chi connectivity index (χ1n) is 7.76. The Bertz CT molecular complexity index is 482. The molecule has 0 aliphatic heterocycles. The largest absolute Gasteiger partial charge is 0.484 e. The molecule has 1 aromatic carbocycles. The average molecular weight is 292 g/mol. The first kappa shape index (κ1) is 15.6. The van der Waals surface area contributed by atoms with Crippen LogP contribution in [0.3, 0.4) is 0 Å². The van der Waals surface area contributed by atoms with E-state index in [0.29, 0.717) is 17.4 Å². The van der Waals surface area contributed by atoms with E-state index in [1.54, 1.807) is 18.2 Å². The third kappa shape index (κ3) is 4.34. The number of para-hydroxylation sites is 1. The Labute approximate surface area is 125 Å². The average Bonchev–Trinajstić information content (AvgIpc) is 2.45. The van der Waals surface area contributed by atoms with Crippen LogP contribution in [0.25, 0.3) is 0 Å². The molecule has 1 aromatic rings. The van der Waals surface area contributed by atoms with Crippen LogP contribution in [0.4, 0.5) is 11.4 Å². The van der Waals surface area contributed by atoms with Crippen LogP contribution >= 0.6 is 0 Å². The molecule has 1 N–H and O–H groups in total. The van der Waals surface area contributed by atoms with Crippen molar-refractivity contribution in [2.45, 2.75) is 52.1 Å². The van der Waals surface area contributed by atoms with Gasteiger partial charge in [0.25, 0.3) is 0 Å². The van der Waals surface area contributed by atoms with E-state index >= 15 is 0 Å². The SMILES string of the molecule is CC(C)Oc1cccc(NCC2CCCCC2)c1[N+](=O)[O-]. The molecule has 2 rings (SSSR count). The van der Waals surface area contributed by atoms with Gasteiger partial charge in [0.15, 0.2) is 5.75 Å². The number of rotatable bonds is 6. The van der Waals surface area contributed by atoms with Crippen molar-refractivity contribution in [1.82, 2.24) is 0 Å². The van der Waals surface area contributed by atoms with Gasteiger partial charge in [0.1, 0.15) is 5.69 Å². The predicted molar refractivity (Wildman–Crippen MR) is 83.9 cm³/mol. The highest BCUT2D eigenvalue weighted by atomic mass is 16.6. The summed E-state index contributed by atoms with van der Waals surface area (Å²) in [5.74, 6) is 0.955. The predicted octanol–water partition coefficient (Wildman–Crippen LogP) is 4.37. The summed E-state index contributed by atoms with van der Waals surface area (Å²) in [7, 11) is 0. The van der Waals surface area contributed by atoms with Crippen molar-refractivity contribution < 1.29 is 9.66 Å². The Morgan fingerprint density at radius 2 is 2.05 bits per heavy atom. The van der Waals surface area contributed by atoms with E-state index in [-0.39, 0.29) is 16.7 Å². The minimum atomic E-state index is -0.360. The highest BCUT2D eigenvalue weighted by Gasteiger charge is 2.22. The van der Waals surface area contributed by atoms with E-state index in [0.717, 1.165) is 6.54 Å². The molecule has 0 aromatic heterocycles. The molecule has 0 radical (unpaired) electrons. The highest BCUT2D eigenvalue weighted by molar-refractivity contribution is 5.68. The van der Waals surface area contributed by atoms with Gasteiger partial charge in [0.2, 0.25) is 0 Å². The molecular weight excluding hydrogens is 268 g/mol. The summed E-state index contributed by atoms with van der Waals surface area (Å²) in [6.07, 6.45) is 6.19. The molecule has 0 saturated heterocycles. The minimum absolute atomic E-state index is 0.0435. The number of nitrogens with one attached hydrogen (secondary N) is 1. The van der Waals surface area contributed by atoms with Crippen LogP contribution in [-0.4, -0.2) is 17.6 Å². The fourth-order valence-corrected chi connectivity index (χ4v) is 2.85. The maximum Gasteiger partial charge on any atom is 0.333 e. The quantitative estimate of drug-likeness (QED) is 0.624. The molecule has 116 valence electrons. The van der Waals surface area contributed by atoms with E-state index in [1.165, 1.54) is 32.1 Å². The van der Waals surface area contributed by atoms with Gasteiger partial charge >= 0.3 is 5.69 Å². The number of anilines is 1. The molecule has 21 heavy (non-hydrogen) atoms. The first-order chi connectivity index (χ1) is 10.1. The normalized spacial score (nSPS) is 16.0. The van der Waals surface area contributed by atoms with Crippen molar-refractivity contribution in [1.29, 1.82) is 0 Å². The number of ether oxygens (including phenoxy) is 1. The van der Waals surface area contributed by atoms with Gasteiger partial charge in [-0.2, -0.15) is 0 Å². The van der Waals surface area contributed by atoms with E-state index in [1.807, 2.05) is 13.8 Å². The summed E-state index contributed by atoms with van der Waals surface area (Å²) >= 11 is 0. The van der Waals surface area contributed by atoms with Gasteiger partial charge in [0.05, 0.1) is 11.0 Å². The minimum Gasteiger partial charge on any atom is -0.484 e. The topological polar surface area (TPSA) is 64.4 Å². The van der Waals surface area contributed by atoms with Crippen LogP contribution in [0.15, 0.2) is 18.2 Å². The number of nitrogens with zero attached hydrogens (tertiary/aromatic N) is 1. The van der Waals surface area contributed by atoms with Crippen molar-refractivity contribution >= 4 is 11.4 Å². The molecule has 0 spiro atoms. The van der Waals surface area contributed by atoms with Gasteiger partial charge in [-0.15, -0.1) is 0 Å². The number of nitro groups is 1. The van der Waals surface area contributed by atoms with Crippen molar-refractivity contribution in [3.63, 3.8) is 0 Å². The first-order valence-corrected chi connectivity index (χ1v) is 7.76. The van der Waals surface area contributed by atoms with Gasteiger partial charge in [0, 0.05) is 6.54 Å². The Morgan fingerprint density at radius 1 is 1.33 bits per heavy atom. The summed E-state index contributed by atoms with van der Waals surface area (Å²) < 4.78 is 5.56. The summed E-state index contributed by atoms with van der Waals surface area (Å²) in [5, 5.41) is 14.6. The smallest absolute Gasteiger partial charge is 0.333 e. The lowest BCUT2D eigenvalue weighted by atomic mass is 9.89. The van der Waals surface area contributed by atoms with Gasteiger partial charge in [-0.05, 0) is 44.7 Å². The summed E-state index contributed by atoms with van der Waals surface area (Å²) in [5.41, 5.74) is 0.603. The Hall–Kier alpha value is -1.78. The number of nitro benzene ring substituents is 1. The van der Waals surface area contributed by atoms with Crippen molar-refractivity contribution in [2.75, 3.05) is 11.9 Å². The molecule has 1 aliphatic rings. The number of hydrogen-bond acceptors (Lipinski definition) is 4. The van der Waals surface area contributed by atoms with Crippen molar-refractivity contribution in [2.24, 2.45) is 5.92 Å². The molecule has 0 amide bonds. The van der Waals surface area contributed by atoms with E-state index in [9.17, 15) is 10.1 Å². The zero-order valence-electron chi connectivity index (χ0n) is 12.8. The second kappa shape index (κ2) is 7.29. The van der Waals surface area contributed by atoms with Crippen molar-refractivity contribution in [3.8, 4) is 5.75 Å². The molecule has 1 saturated carbocycles. The van der Waals surface area contributed by atoms with E-state index in [2.05, 4.69) is 5.32 Å². The van der Waals surface area contributed by atoms with Crippen LogP contribution < -0.4 is 10.1 Å². The number of benzene rings is 1. The second-order valence-electron chi connectivity index (χ2n) is 5.96. The fraction of sp³-hybridized carbons (Fsp3) is 0.625. The lowest BCUT2D eigenvalue weighted by molar-refractivity contribution is -0.385. The molecule has 0 bridgehead atoms. The number of hydrogen-bond donors (Lipinski definition) is 1. The van der Waals surface area contributed by atoms with Crippen LogP contribution in [0.5, 0.6) is 5.75 Å². The Kier molecular flexibility index (Phi) is 5.42. The molecule has 1 fully saturated rings. The van der Waals surface area contributed by atoms with E-state index < -0.39 is 0 Å². The third-order valence-electron chi connectivity index (χ3n) is 3.85. The molecule has 1 aliphatic carbocycles. The van der Waals surface area contributed by atoms with Gasteiger partial charge < -0.3 is 10.1 Å². The third-order valence-corrected chi connectivity index (χ3v) is 3.85. The zero-order chi connectivity index (χ0) is 15.2. The van der Waals surface area contributed by atoms with Gasteiger partial charge in [-0.3, -0.25) is 10.1 Å². The van der Waals surface area contributed by atoms with Gasteiger partial charge in [-0.25, -0.2) is 0 Å². The van der Waals surface area contributed by atoms with E-state index in [4.69, 9.17) is 4.74 Å². The zero-order valence-corrected chi connectivity index (χ0v) is 12.8. The monoisotopic (exact) mass is 292 g/mol. The van der Waals surface area contributed by atoms with Crippen LogP contribution in [0.2, 0.25) is 0 Å². The Balaban J connectivity index is 2.11. The molecule has 0 atom stereocenters. The fourth-order valence-electron chi connectivity index (χ4n) is 2.85. The lowest BCUT2D eigenvalue weighted by Crippen LogP contribution is -2.18.